The monoisotopic (exact) mass is 367 g/mol. The van der Waals surface area contributed by atoms with Crippen molar-refractivity contribution in [3.05, 3.63) is 47.2 Å². The number of tetrazole rings is 1. The molecular weight excluding hydrogens is 354 g/mol. The highest BCUT2D eigenvalue weighted by atomic mass is 16.5. The fraction of sp³-hybridized carbons (Fsp3) is 0.125. The predicted molar refractivity (Wildman–Crippen MR) is 91.2 cm³/mol. The molecule has 0 radical (unpaired) electrons. The number of carbonyl (C=O) groups is 2. The molecule has 27 heavy (non-hydrogen) atoms. The van der Waals surface area contributed by atoms with Gasteiger partial charge in [0.25, 0.3) is 5.91 Å². The highest BCUT2D eigenvalue weighted by Gasteiger charge is 2.21. The van der Waals surface area contributed by atoms with Gasteiger partial charge in [-0.3, -0.25) is 4.79 Å². The van der Waals surface area contributed by atoms with Crippen LogP contribution in [0, 0.1) is 0 Å². The molecule has 0 saturated carbocycles. The Kier molecular flexibility index (Phi) is 4.09. The largest absolute Gasteiger partial charge is 0.457 e. The van der Waals surface area contributed by atoms with Crippen molar-refractivity contribution < 1.29 is 18.7 Å². The molecule has 0 fully saturated rings. The summed E-state index contributed by atoms with van der Waals surface area (Å²) in [6, 6.07) is 8.81. The van der Waals surface area contributed by atoms with Crippen LogP contribution in [0.1, 0.15) is 21.7 Å². The number of ether oxygens (including phenoxy) is 1. The third-order valence-corrected chi connectivity index (χ3v) is 3.83. The van der Waals surface area contributed by atoms with Crippen LogP contribution >= 0.6 is 0 Å². The fourth-order valence-corrected chi connectivity index (χ4v) is 2.53. The molecule has 3 N–H and O–H groups in total. The number of rotatable bonds is 5. The first-order valence-electron chi connectivity index (χ1n) is 7.84. The van der Waals surface area contributed by atoms with Gasteiger partial charge in [-0.15, -0.1) is 0 Å². The van der Waals surface area contributed by atoms with E-state index in [2.05, 4.69) is 26.1 Å². The van der Waals surface area contributed by atoms with Crippen LogP contribution in [0.25, 0.3) is 11.3 Å². The lowest BCUT2D eigenvalue weighted by Crippen LogP contribution is -2.24. The van der Waals surface area contributed by atoms with Crippen molar-refractivity contribution in [2.24, 2.45) is 5.10 Å². The van der Waals surface area contributed by atoms with Gasteiger partial charge in [-0.25, -0.2) is 14.9 Å². The van der Waals surface area contributed by atoms with Crippen LogP contribution in [-0.4, -0.2) is 38.3 Å². The van der Waals surface area contributed by atoms with Crippen molar-refractivity contribution in [3.63, 3.8) is 0 Å². The Morgan fingerprint density at radius 1 is 1.37 bits per heavy atom. The Morgan fingerprint density at radius 2 is 2.26 bits per heavy atom. The van der Waals surface area contributed by atoms with Gasteiger partial charge in [0.1, 0.15) is 24.7 Å². The van der Waals surface area contributed by atoms with Crippen molar-refractivity contribution in [1.82, 2.24) is 25.6 Å². The number of cyclic esters (lactones) is 1. The molecule has 4 rings (SSSR count). The second-order valence-electron chi connectivity index (χ2n) is 5.64. The standard InChI is InChI=1S/C16H13N7O4/c17-16-20-21-22-23(16)7-14(24)19-18-6-11-2-4-13(27-11)9-1-3-12-10(5-9)8-26-15(12)25/h1-6H,7-8H2,(H,19,24)(H2,17,20,22). The molecule has 0 bridgehead atoms. The maximum absolute atomic E-state index is 11.7. The van der Waals surface area contributed by atoms with E-state index in [0.717, 1.165) is 15.8 Å². The van der Waals surface area contributed by atoms with Crippen LogP contribution < -0.4 is 11.2 Å². The van der Waals surface area contributed by atoms with Crippen LogP contribution in [0.4, 0.5) is 5.95 Å². The zero-order chi connectivity index (χ0) is 18.8. The number of hydrogen-bond acceptors (Lipinski definition) is 9. The number of nitrogen functional groups attached to an aromatic ring is 1. The molecule has 0 atom stereocenters. The molecule has 0 aliphatic carbocycles. The van der Waals surface area contributed by atoms with Crippen molar-refractivity contribution in [1.29, 1.82) is 0 Å². The number of nitrogens with zero attached hydrogens (tertiary/aromatic N) is 5. The van der Waals surface area contributed by atoms with Crippen LogP contribution in [0.3, 0.4) is 0 Å². The Bertz CT molecular complexity index is 1050. The Hall–Kier alpha value is -4.02. The van der Waals surface area contributed by atoms with Gasteiger partial charge in [-0.05, 0) is 34.7 Å². The van der Waals surface area contributed by atoms with E-state index < -0.39 is 5.91 Å². The maximum atomic E-state index is 11.7. The molecule has 1 aliphatic rings. The number of furan rings is 1. The number of fused-ring (bicyclic) bond motifs is 1. The first-order chi connectivity index (χ1) is 13.1. The number of carbonyl (C=O) groups excluding carboxylic acids is 2. The van der Waals surface area contributed by atoms with E-state index >= 15 is 0 Å². The van der Waals surface area contributed by atoms with Crippen molar-refractivity contribution in [3.8, 4) is 11.3 Å². The number of nitrogens with one attached hydrogen (secondary N) is 1. The minimum absolute atomic E-state index is 0.0336. The summed E-state index contributed by atoms with van der Waals surface area (Å²) >= 11 is 0. The maximum Gasteiger partial charge on any atom is 0.338 e. The van der Waals surface area contributed by atoms with Gasteiger partial charge >= 0.3 is 5.97 Å². The van der Waals surface area contributed by atoms with Gasteiger partial charge in [0.05, 0.1) is 11.8 Å². The molecule has 2 aromatic heterocycles. The van der Waals surface area contributed by atoms with Crippen LogP contribution in [0.5, 0.6) is 0 Å². The minimum Gasteiger partial charge on any atom is -0.457 e. The van der Waals surface area contributed by atoms with Gasteiger partial charge in [0.2, 0.25) is 5.95 Å². The molecule has 3 heterocycles. The molecule has 136 valence electrons. The normalized spacial score (nSPS) is 13.0. The number of nitrogens with two attached hydrogens (primary N) is 1. The number of anilines is 1. The Morgan fingerprint density at radius 3 is 3.07 bits per heavy atom. The molecule has 0 spiro atoms. The summed E-state index contributed by atoms with van der Waals surface area (Å²) in [5, 5.41) is 14.2. The van der Waals surface area contributed by atoms with E-state index in [1.54, 1.807) is 24.3 Å². The topological polar surface area (TPSA) is 151 Å². The van der Waals surface area contributed by atoms with E-state index in [9.17, 15) is 9.59 Å². The lowest BCUT2D eigenvalue weighted by atomic mass is 10.0. The third kappa shape index (κ3) is 3.38. The van der Waals surface area contributed by atoms with Crippen molar-refractivity contribution in [2.45, 2.75) is 13.2 Å². The smallest absolute Gasteiger partial charge is 0.338 e. The van der Waals surface area contributed by atoms with E-state index in [4.69, 9.17) is 14.9 Å². The summed E-state index contributed by atoms with van der Waals surface area (Å²) in [4.78, 5) is 23.2. The molecule has 1 amide bonds. The predicted octanol–water partition coefficient (Wildman–Crippen LogP) is 0.336. The average Bonchev–Trinajstić information content (AvgIpc) is 3.37. The molecule has 1 aliphatic heterocycles. The SMILES string of the molecule is Nc1nnnn1CC(=O)NN=Cc1ccc(-c2ccc3c(c2)COC3=O)o1. The highest BCUT2D eigenvalue weighted by molar-refractivity contribution is 5.94. The molecule has 0 saturated heterocycles. The summed E-state index contributed by atoms with van der Waals surface area (Å²) < 4.78 is 11.8. The van der Waals surface area contributed by atoms with Gasteiger partial charge in [0.15, 0.2) is 0 Å². The number of amides is 1. The fourth-order valence-electron chi connectivity index (χ4n) is 2.53. The summed E-state index contributed by atoms with van der Waals surface area (Å²) in [6.45, 7) is 0.102. The van der Waals surface area contributed by atoms with Crippen molar-refractivity contribution >= 4 is 24.0 Å². The summed E-state index contributed by atoms with van der Waals surface area (Å²) in [6.07, 6.45) is 1.37. The lowest BCUT2D eigenvalue weighted by Gasteiger charge is -2.00. The van der Waals surface area contributed by atoms with Crippen LogP contribution in [-0.2, 0) is 22.7 Å². The van der Waals surface area contributed by atoms with Gasteiger partial charge < -0.3 is 14.9 Å². The molecule has 11 heteroatoms. The second-order valence-corrected chi connectivity index (χ2v) is 5.64. The van der Waals surface area contributed by atoms with Gasteiger partial charge in [-0.1, -0.05) is 11.2 Å². The van der Waals surface area contributed by atoms with Gasteiger partial charge in [-0.2, -0.15) is 5.10 Å². The second kappa shape index (κ2) is 6.71. The number of hydrazone groups is 1. The number of aromatic nitrogens is 4. The first-order valence-corrected chi connectivity index (χ1v) is 7.84. The molecule has 3 aromatic rings. The lowest BCUT2D eigenvalue weighted by molar-refractivity contribution is -0.121. The average molecular weight is 367 g/mol. The van der Waals surface area contributed by atoms with E-state index in [-0.39, 0.29) is 25.1 Å². The van der Waals surface area contributed by atoms with E-state index in [1.807, 2.05) is 6.07 Å². The zero-order valence-electron chi connectivity index (χ0n) is 13.8. The Balaban J connectivity index is 1.39. The van der Waals surface area contributed by atoms with E-state index in [0.29, 0.717) is 17.1 Å². The minimum atomic E-state index is -0.444. The number of benzene rings is 1. The zero-order valence-corrected chi connectivity index (χ0v) is 13.8. The van der Waals surface area contributed by atoms with E-state index in [1.165, 1.54) is 6.21 Å². The molecular formula is C16H13N7O4. The van der Waals surface area contributed by atoms with Crippen LogP contribution in [0.2, 0.25) is 0 Å². The molecule has 1 aromatic carbocycles. The number of hydrogen-bond donors (Lipinski definition) is 2. The summed E-state index contributed by atoms with van der Waals surface area (Å²) in [5.74, 6) is 0.320. The molecule has 11 nitrogen and oxygen atoms in total. The van der Waals surface area contributed by atoms with Crippen LogP contribution in [0.15, 0.2) is 39.9 Å². The quantitative estimate of drug-likeness (QED) is 0.372. The first kappa shape index (κ1) is 16.4. The number of esters is 1. The van der Waals surface area contributed by atoms with Gasteiger partial charge in [0, 0.05) is 11.1 Å². The highest BCUT2D eigenvalue weighted by Crippen LogP contribution is 2.27. The summed E-state index contributed by atoms with van der Waals surface area (Å²) in [7, 11) is 0. The Labute approximate surface area is 151 Å². The summed E-state index contributed by atoms with van der Waals surface area (Å²) in [5.41, 5.74) is 10.00. The molecule has 0 unspecified atom stereocenters. The van der Waals surface area contributed by atoms with Crippen molar-refractivity contribution in [2.75, 3.05) is 5.73 Å². The third-order valence-electron chi connectivity index (χ3n) is 3.83.